The molecule has 0 radical (unpaired) electrons. The van der Waals surface area contributed by atoms with Crippen LogP contribution in [0.25, 0.3) is 5.78 Å². The van der Waals surface area contributed by atoms with Crippen LogP contribution in [-0.4, -0.2) is 86.1 Å². The number of nitrogen functional groups attached to an aromatic ring is 1. The monoisotopic (exact) mass is 634 g/mol. The van der Waals surface area contributed by atoms with Gasteiger partial charge >= 0.3 is 23.9 Å². The SMILES string of the molecule is COc1ccc(Cc2nn3c(=S)n([C@@H]4O[C@H](COC(C)=O)[C@@H](OC(C)=O)[C@H](OC(C)=O)[C@H]4OC(C)=O)nc3n(N)c2=O)cc1. The summed E-state index contributed by atoms with van der Waals surface area (Å²) in [5.41, 5.74) is 0.0950. The maximum Gasteiger partial charge on any atom is 0.303 e. The van der Waals surface area contributed by atoms with Gasteiger partial charge < -0.3 is 34.3 Å². The first kappa shape index (κ1) is 32.1. The second-order valence-electron chi connectivity index (χ2n) is 9.68. The molecular formula is C26H30N6O11S. The Balaban J connectivity index is 1.84. The summed E-state index contributed by atoms with van der Waals surface area (Å²) < 4.78 is 35.5. The molecule has 0 bridgehead atoms. The summed E-state index contributed by atoms with van der Waals surface area (Å²) >= 11 is 5.62. The Bertz CT molecular complexity index is 1700. The minimum absolute atomic E-state index is 0.0300. The molecule has 1 aromatic carbocycles. The summed E-state index contributed by atoms with van der Waals surface area (Å²) in [7, 11) is 1.53. The van der Waals surface area contributed by atoms with E-state index < -0.39 is 66.7 Å². The van der Waals surface area contributed by atoms with E-state index in [0.717, 1.165) is 47.1 Å². The van der Waals surface area contributed by atoms with Gasteiger partial charge in [0, 0.05) is 34.1 Å². The highest BCUT2D eigenvalue weighted by Crippen LogP contribution is 2.34. The van der Waals surface area contributed by atoms with Crippen molar-refractivity contribution in [3.8, 4) is 5.75 Å². The Labute approximate surface area is 254 Å². The van der Waals surface area contributed by atoms with E-state index >= 15 is 0 Å². The van der Waals surface area contributed by atoms with Crippen LogP contribution in [-0.2, 0) is 49.3 Å². The smallest absolute Gasteiger partial charge is 0.303 e. The molecule has 44 heavy (non-hydrogen) atoms. The van der Waals surface area contributed by atoms with Crippen molar-refractivity contribution in [1.29, 1.82) is 0 Å². The Morgan fingerprint density at radius 1 is 0.909 bits per heavy atom. The normalized spacial score (nSPS) is 21.3. The lowest BCUT2D eigenvalue weighted by molar-refractivity contribution is -0.270. The zero-order valence-electron chi connectivity index (χ0n) is 24.3. The quantitative estimate of drug-likeness (QED) is 0.142. The number of rotatable bonds is 9. The highest BCUT2D eigenvalue weighted by molar-refractivity contribution is 7.71. The van der Waals surface area contributed by atoms with E-state index in [1.165, 1.54) is 7.11 Å². The summed E-state index contributed by atoms with van der Waals surface area (Å²) in [5, 5.41) is 8.69. The van der Waals surface area contributed by atoms with Crippen LogP contribution < -0.4 is 16.1 Å². The molecule has 3 aromatic rings. The van der Waals surface area contributed by atoms with Gasteiger partial charge in [0.1, 0.15) is 24.2 Å². The van der Waals surface area contributed by atoms with Crippen molar-refractivity contribution in [2.45, 2.75) is 64.8 Å². The fraction of sp³-hybridized carbons (Fsp3) is 0.462. The van der Waals surface area contributed by atoms with Crippen LogP contribution in [0.1, 0.15) is 45.2 Å². The third kappa shape index (κ3) is 6.86. The molecule has 3 heterocycles. The first-order valence-electron chi connectivity index (χ1n) is 13.1. The highest BCUT2D eigenvalue weighted by atomic mass is 32.1. The standard InChI is InChI=1S/C26H30N6O11S/c1-12(33)39-11-19-20(40-13(2)34)21(41-14(3)35)22(42-15(4)36)24(43-19)31-26(44)32-25(29-31)30(27)23(37)18(28-32)10-16-6-8-17(38-5)9-7-16/h6-9,19-22,24H,10-11,27H2,1-5H3/t19-,20-,21+,22-,24-/m1/s1. The molecule has 18 heteroatoms. The van der Waals surface area contributed by atoms with Crippen molar-refractivity contribution >= 4 is 41.9 Å². The number of esters is 4. The number of ether oxygens (including phenoxy) is 6. The minimum atomic E-state index is -1.50. The molecule has 1 fully saturated rings. The van der Waals surface area contributed by atoms with Crippen LogP contribution in [0.2, 0.25) is 0 Å². The van der Waals surface area contributed by atoms with Crippen LogP contribution in [0.3, 0.4) is 0 Å². The van der Waals surface area contributed by atoms with Crippen LogP contribution in [0.15, 0.2) is 29.1 Å². The number of carbonyl (C=O) groups is 4. The summed E-state index contributed by atoms with van der Waals surface area (Å²) in [4.78, 5) is 61.2. The van der Waals surface area contributed by atoms with E-state index in [-0.39, 0.29) is 22.7 Å². The molecule has 0 amide bonds. The summed E-state index contributed by atoms with van der Waals surface area (Å²) in [5.74, 6) is 3.45. The van der Waals surface area contributed by atoms with Gasteiger partial charge in [-0.15, -0.1) is 5.10 Å². The molecule has 1 saturated heterocycles. The largest absolute Gasteiger partial charge is 0.497 e. The lowest BCUT2D eigenvalue weighted by atomic mass is 9.97. The molecule has 1 aliphatic rings. The predicted molar refractivity (Wildman–Crippen MR) is 149 cm³/mol. The summed E-state index contributed by atoms with van der Waals surface area (Å²) in [6.07, 6.45) is -6.99. The number of aromatic nitrogens is 5. The number of nitrogens with two attached hydrogens (primary N) is 1. The summed E-state index contributed by atoms with van der Waals surface area (Å²) in [6.45, 7) is 4.00. The molecule has 0 aliphatic carbocycles. The van der Waals surface area contributed by atoms with Gasteiger partial charge in [0.2, 0.25) is 4.77 Å². The Kier molecular flexibility index (Phi) is 9.63. The van der Waals surface area contributed by atoms with Gasteiger partial charge in [-0.3, -0.25) is 24.0 Å². The third-order valence-corrected chi connectivity index (χ3v) is 6.76. The molecule has 17 nitrogen and oxygen atoms in total. The fourth-order valence-corrected chi connectivity index (χ4v) is 4.88. The maximum atomic E-state index is 13.1. The molecule has 2 aromatic heterocycles. The van der Waals surface area contributed by atoms with E-state index in [4.69, 9.17) is 46.5 Å². The second-order valence-corrected chi connectivity index (χ2v) is 10.0. The minimum Gasteiger partial charge on any atom is -0.497 e. The third-order valence-electron chi connectivity index (χ3n) is 6.40. The van der Waals surface area contributed by atoms with E-state index in [0.29, 0.717) is 5.75 Å². The van der Waals surface area contributed by atoms with Gasteiger partial charge in [0.25, 0.3) is 11.3 Å². The maximum absolute atomic E-state index is 13.1. The number of carbonyl (C=O) groups excluding carboxylic acids is 4. The number of hydrogen-bond acceptors (Lipinski definition) is 15. The number of hydrogen-bond donors (Lipinski definition) is 1. The highest BCUT2D eigenvalue weighted by Gasteiger charge is 2.53. The topological polar surface area (TPSA) is 207 Å². The molecule has 0 unspecified atom stereocenters. The molecule has 0 spiro atoms. The molecule has 0 saturated carbocycles. The van der Waals surface area contributed by atoms with E-state index in [1.807, 2.05) is 0 Å². The van der Waals surface area contributed by atoms with Crippen LogP contribution in [0.4, 0.5) is 0 Å². The van der Waals surface area contributed by atoms with Crippen molar-refractivity contribution in [3.05, 3.63) is 50.6 Å². The zero-order valence-corrected chi connectivity index (χ0v) is 25.1. The number of benzene rings is 1. The Morgan fingerprint density at radius 3 is 2.07 bits per heavy atom. The van der Waals surface area contributed by atoms with Crippen LogP contribution in [0, 0.1) is 4.77 Å². The van der Waals surface area contributed by atoms with Crippen LogP contribution >= 0.6 is 12.2 Å². The first-order valence-corrected chi connectivity index (χ1v) is 13.5. The van der Waals surface area contributed by atoms with E-state index in [2.05, 4.69) is 10.2 Å². The van der Waals surface area contributed by atoms with Crippen molar-refractivity contribution in [2.24, 2.45) is 0 Å². The number of methoxy groups -OCH3 is 1. The van der Waals surface area contributed by atoms with Crippen molar-refractivity contribution in [3.63, 3.8) is 0 Å². The first-order chi connectivity index (χ1) is 20.8. The Morgan fingerprint density at radius 2 is 1.50 bits per heavy atom. The van der Waals surface area contributed by atoms with Gasteiger partial charge in [0.05, 0.1) is 7.11 Å². The number of nitrogens with zero attached hydrogens (tertiary/aromatic N) is 5. The van der Waals surface area contributed by atoms with Crippen molar-refractivity contribution < 1.29 is 47.6 Å². The average Bonchev–Trinajstić information content (AvgIpc) is 3.28. The van der Waals surface area contributed by atoms with Crippen molar-refractivity contribution in [2.75, 3.05) is 19.6 Å². The molecular weight excluding hydrogens is 604 g/mol. The van der Waals surface area contributed by atoms with Gasteiger partial charge in [0.15, 0.2) is 24.5 Å². The summed E-state index contributed by atoms with van der Waals surface area (Å²) in [6, 6.07) is 6.96. The molecule has 236 valence electrons. The van der Waals surface area contributed by atoms with Crippen molar-refractivity contribution in [1.82, 2.24) is 24.1 Å². The average molecular weight is 635 g/mol. The van der Waals surface area contributed by atoms with Gasteiger partial charge in [-0.25, -0.2) is 4.68 Å². The molecule has 1 aliphatic heterocycles. The molecule has 5 atom stereocenters. The lowest BCUT2D eigenvalue weighted by Crippen LogP contribution is -2.60. The van der Waals surface area contributed by atoms with Gasteiger partial charge in [-0.05, 0) is 29.9 Å². The number of fused-ring (bicyclic) bond motifs is 1. The second kappa shape index (κ2) is 13.2. The van der Waals surface area contributed by atoms with E-state index in [1.54, 1.807) is 24.3 Å². The van der Waals surface area contributed by atoms with Gasteiger partial charge in [-0.2, -0.15) is 14.3 Å². The lowest BCUT2D eigenvalue weighted by Gasteiger charge is -2.44. The molecule has 2 N–H and O–H groups in total. The fourth-order valence-electron chi connectivity index (χ4n) is 4.61. The predicted octanol–water partition coefficient (Wildman–Crippen LogP) is -0.00921. The Hall–Kier alpha value is -4.84. The van der Waals surface area contributed by atoms with E-state index in [9.17, 15) is 24.0 Å². The zero-order chi connectivity index (χ0) is 32.3. The molecule has 4 rings (SSSR count). The van der Waals surface area contributed by atoms with Gasteiger partial charge in [-0.1, -0.05) is 12.1 Å². The van der Waals surface area contributed by atoms with Crippen LogP contribution in [0.5, 0.6) is 5.75 Å².